The van der Waals surface area contributed by atoms with Crippen molar-refractivity contribution < 1.29 is 28.5 Å². The van der Waals surface area contributed by atoms with E-state index in [-0.39, 0.29) is 21.7 Å². The highest BCUT2D eigenvalue weighted by Gasteiger charge is 2.29. The van der Waals surface area contributed by atoms with E-state index >= 15 is 0 Å². The molecule has 0 amide bonds. The Hall–Kier alpha value is -3.67. The predicted molar refractivity (Wildman–Crippen MR) is 187 cm³/mol. The SMILES string of the molecule is COC(=O)c1cc(OCc2cc(C(C)(C)C)c(OC)c(C(C)(C)C)c2)cc(OCc2cc(C(C)(C)C)c(OC)c(C(C)(C)C)c2)c1. The predicted octanol–water partition coefficient (Wildman–Crippen LogP) is 9.84. The van der Waals surface area contributed by atoms with Crippen LogP contribution in [-0.2, 0) is 39.6 Å². The Morgan fingerprint density at radius 1 is 0.500 bits per heavy atom. The van der Waals surface area contributed by atoms with Gasteiger partial charge in [0.15, 0.2) is 0 Å². The summed E-state index contributed by atoms with van der Waals surface area (Å²) in [6, 6.07) is 13.8. The third kappa shape index (κ3) is 8.77. The van der Waals surface area contributed by atoms with Crippen LogP contribution in [0.4, 0.5) is 0 Å². The van der Waals surface area contributed by atoms with E-state index in [0.717, 1.165) is 44.9 Å². The molecule has 0 saturated heterocycles. The van der Waals surface area contributed by atoms with E-state index in [2.05, 4.69) is 107 Å². The smallest absolute Gasteiger partial charge is 0.338 e. The molecule has 0 spiro atoms. The van der Waals surface area contributed by atoms with Gasteiger partial charge < -0.3 is 23.7 Å². The van der Waals surface area contributed by atoms with Gasteiger partial charge in [-0.1, -0.05) is 83.1 Å². The zero-order chi connectivity index (χ0) is 34.8. The monoisotopic (exact) mass is 632 g/mol. The number of methoxy groups -OCH3 is 3. The van der Waals surface area contributed by atoms with Crippen LogP contribution in [0.1, 0.15) is 127 Å². The number of hydrogen-bond acceptors (Lipinski definition) is 6. The molecule has 46 heavy (non-hydrogen) atoms. The first-order valence-corrected chi connectivity index (χ1v) is 16.0. The van der Waals surface area contributed by atoms with Crippen molar-refractivity contribution in [2.45, 2.75) is 118 Å². The summed E-state index contributed by atoms with van der Waals surface area (Å²) in [6.07, 6.45) is 0. The van der Waals surface area contributed by atoms with E-state index in [1.54, 1.807) is 26.4 Å². The van der Waals surface area contributed by atoms with Crippen LogP contribution in [0.15, 0.2) is 42.5 Å². The Morgan fingerprint density at radius 3 is 1.04 bits per heavy atom. The molecule has 6 heteroatoms. The van der Waals surface area contributed by atoms with Crippen LogP contribution in [-0.4, -0.2) is 27.3 Å². The molecule has 0 aliphatic heterocycles. The summed E-state index contributed by atoms with van der Waals surface area (Å²) in [5.41, 5.74) is 6.36. The van der Waals surface area contributed by atoms with Gasteiger partial charge in [0.1, 0.15) is 36.2 Å². The highest BCUT2D eigenvalue weighted by Crippen LogP contribution is 2.42. The van der Waals surface area contributed by atoms with Crippen molar-refractivity contribution in [3.8, 4) is 23.0 Å². The van der Waals surface area contributed by atoms with E-state index in [1.807, 2.05) is 6.07 Å². The molecule has 0 bridgehead atoms. The number of esters is 1. The Bertz CT molecular complexity index is 1360. The minimum Gasteiger partial charge on any atom is -0.496 e. The van der Waals surface area contributed by atoms with Gasteiger partial charge in [0.05, 0.1) is 26.9 Å². The van der Waals surface area contributed by atoms with Crippen molar-refractivity contribution >= 4 is 5.97 Å². The molecule has 6 nitrogen and oxygen atoms in total. The van der Waals surface area contributed by atoms with Crippen molar-refractivity contribution in [3.63, 3.8) is 0 Å². The maximum atomic E-state index is 12.7. The summed E-state index contributed by atoms with van der Waals surface area (Å²) in [5.74, 6) is 2.40. The lowest BCUT2D eigenvalue weighted by molar-refractivity contribution is 0.0599. The zero-order valence-electron chi connectivity index (χ0n) is 30.9. The number of benzene rings is 3. The second-order valence-corrected chi connectivity index (χ2v) is 16.2. The van der Waals surface area contributed by atoms with Crippen LogP contribution in [0.5, 0.6) is 23.0 Å². The minimum atomic E-state index is -0.459. The van der Waals surface area contributed by atoms with E-state index in [9.17, 15) is 4.79 Å². The molecule has 252 valence electrons. The first kappa shape index (κ1) is 36.8. The second-order valence-electron chi connectivity index (χ2n) is 16.2. The van der Waals surface area contributed by atoms with Crippen molar-refractivity contribution in [1.29, 1.82) is 0 Å². The number of ether oxygens (including phenoxy) is 5. The summed E-state index contributed by atoms with van der Waals surface area (Å²) < 4.78 is 29.6. The molecule has 0 unspecified atom stereocenters. The first-order valence-electron chi connectivity index (χ1n) is 16.0. The van der Waals surface area contributed by atoms with Crippen molar-refractivity contribution in [3.05, 3.63) is 81.4 Å². The Labute approximate surface area is 277 Å². The molecule has 0 atom stereocenters. The summed E-state index contributed by atoms with van der Waals surface area (Å²) >= 11 is 0. The third-order valence-corrected chi connectivity index (χ3v) is 8.05. The van der Waals surface area contributed by atoms with Crippen LogP contribution in [0, 0.1) is 0 Å². The lowest BCUT2D eigenvalue weighted by Gasteiger charge is -2.30. The fraction of sp³-hybridized carbons (Fsp3) is 0.525. The largest absolute Gasteiger partial charge is 0.496 e. The van der Waals surface area contributed by atoms with E-state index < -0.39 is 5.97 Å². The Morgan fingerprint density at radius 2 is 0.804 bits per heavy atom. The number of carbonyl (C=O) groups excluding carboxylic acids is 1. The fourth-order valence-electron chi connectivity index (χ4n) is 5.52. The summed E-state index contributed by atoms with van der Waals surface area (Å²) in [5, 5.41) is 0. The molecule has 3 rings (SSSR count). The molecular weight excluding hydrogens is 576 g/mol. The van der Waals surface area contributed by atoms with E-state index in [4.69, 9.17) is 23.7 Å². The molecule has 0 aliphatic carbocycles. The van der Waals surface area contributed by atoms with Crippen LogP contribution >= 0.6 is 0 Å². The maximum Gasteiger partial charge on any atom is 0.338 e. The number of carbonyl (C=O) groups is 1. The average Bonchev–Trinajstić information content (AvgIpc) is 2.95. The standard InChI is InChI=1S/C40H56O6/c1-37(2,3)30-16-25(17-31(34(30)42-13)38(4,5)6)23-45-28-20-27(36(41)44-15)21-29(22-28)46-24-26-18-32(39(7,8)9)35(43-14)33(19-26)40(10,11)12/h16-22H,23-24H2,1-15H3. The molecule has 0 aliphatic rings. The highest BCUT2D eigenvalue weighted by atomic mass is 16.5. The molecule has 0 N–H and O–H groups in total. The van der Waals surface area contributed by atoms with Gasteiger partial charge in [0.2, 0.25) is 0 Å². The highest BCUT2D eigenvalue weighted by molar-refractivity contribution is 5.90. The molecule has 3 aromatic carbocycles. The van der Waals surface area contributed by atoms with E-state index in [1.165, 1.54) is 7.11 Å². The molecule has 0 saturated carbocycles. The van der Waals surface area contributed by atoms with Crippen molar-refractivity contribution in [1.82, 2.24) is 0 Å². The summed E-state index contributed by atoms with van der Waals surface area (Å²) in [7, 11) is 4.83. The Kier molecular flexibility index (Phi) is 10.9. The lowest BCUT2D eigenvalue weighted by atomic mass is 9.78. The van der Waals surface area contributed by atoms with Crippen molar-refractivity contribution in [2.24, 2.45) is 0 Å². The number of hydrogen-bond donors (Lipinski definition) is 0. The average molecular weight is 633 g/mol. The van der Waals surface area contributed by atoms with Gasteiger partial charge >= 0.3 is 5.97 Å². The lowest BCUT2D eigenvalue weighted by Crippen LogP contribution is -2.20. The van der Waals surface area contributed by atoms with Gasteiger partial charge in [0, 0.05) is 28.3 Å². The van der Waals surface area contributed by atoms with Gasteiger partial charge in [-0.2, -0.15) is 0 Å². The van der Waals surface area contributed by atoms with Crippen molar-refractivity contribution in [2.75, 3.05) is 21.3 Å². The topological polar surface area (TPSA) is 63.2 Å². The quantitative estimate of drug-likeness (QED) is 0.219. The zero-order valence-corrected chi connectivity index (χ0v) is 30.9. The van der Waals surface area contributed by atoms with Crippen LogP contribution < -0.4 is 18.9 Å². The molecule has 0 heterocycles. The van der Waals surface area contributed by atoms with E-state index in [0.29, 0.717) is 30.3 Å². The second kappa shape index (κ2) is 13.6. The number of rotatable bonds is 9. The van der Waals surface area contributed by atoms with Crippen LogP contribution in [0.2, 0.25) is 0 Å². The minimum absolute atomic E-state index is 0.131. The maximum absolute atomic E-state index is 12.7. The fourth-order valence-corrected chi connectivity index (χ4v) is 5.52. The van der Waals surface area contributed by atoms with Crippen LogP contribution in [0.25, 0.3) is 0 Å². The van der Waals surface area contributed by atoms with Gasteiger partial charge in [-0.05, 0) is 69.2 Å². The summed E-state index contributed by atoms with van der Waals surface area (Å²) in [6.45, 7) is 26.8. The van der Waals surface area contributed by atoms with Gasteiger partial charge in [-0.15, -0.1) is 0 Å². The first-order chi connectivity index (χ1) is 21.1. The normalized spacial score (nSPS) is 12.5. The van der Waals surface area contributed by atoms with Gasteiger partial charge in [0.25, 0.3) is 0 Å². The van der Waals surface area contributed by atoms with Gasteiger partial charge in [-0.25, -0.2) is 4.79 Å². The summed E-state index contributed by atoms with van der Waals surface area (Å²) in [4.78, 5) is 12.7. The molecule has 0 aromatic heterocycles. The Balaban J connectivity index is 2.00. The molecular formula is C40H56O6. The molecule has 0 radical (unpaired) electrons. The third-order valence-electron chi connectivity index (χ3n) is 8.05. The molecule has 3 aromatic rings. The van der Waals surface area contributed by atoms with Crippen LogP contribution in [0.3, 0.4) is 0 Å². The van der Waals surface area contributed by atoms with Gasteiger partial charge in [-0.3, -0.25) is 0 Å². The molecule has 0 fully saturated rings.